The molecule has 1 unspecified atom stereocenters. The molecule has 2 aromatic rings. The van der Waals surface area contributed by atoms with Crippen molar-refractivity contribution in [2.75, 3.05) is 11.9 Å². The highest BCUT2D eigenvalue weighted by Gasteiger charge is 2.40. The number of thioether (sulfide) groups is 1. The van der Waals surface area contributed by atoms with Gasteiger partial charge in [0.1, 0.15) is 16.7 Å². The summed E-state index contributed by atoms with van der Waals surface area (Å²) in [5.74, 6) is -0.244. The molecule has 2 amide bonds. The van der Waals surface area contributed by atoms with Crippen LogP contribution in [0.1, 0.15) is 42.0 Å². The van der Waals surface area contributed by atoms with Crippen LogP contribution in [0.15, 0.2) is 53.1 Å². The molecule has 1 heterocycles. The van der Waals surface area contributed by atoms with Gasteiger partial charge < -0.3 is 5.32 Å². The molecule has 0 aliphatic carbocycles. The molecular weight excluding hydrogens is 406 g/mol. The lowest BCUT2D eigenvalue weighted by Gasteiger charge is -2.19. The lowest BCUT2D eigenvalue weighted by Crippen LogP contribution is -2.31. The van der Waals surface area contributed by atoms with Crippen LogP contribution >= 0.6 is 11.8 Å². The highest BCUT2D eigenvalue weighted by Crippen LogP contribution is 2.42. The SMILES string of the molecule is CNC(=O)/C(C#N)=C1\SC(Cc2ccc(C)c(C)c2)C(=O)N1c1ccc(C(C)C)cc1. The van der Waals surface area contributed by atoms with Gasteiger partial charge in [-0.15, -0.1) is 0 Å². The van der Waals surface area contributed by atoms with Gasteiger partial charge in [-0.05, 0) is 60.6 Å². The van der Waals surface area contributed by atoms with Gasteiger partial charge in [-0.25, -0.2) is 0 Å². The van der Waals surface area contributed by atoms with Gasteiger partial charge in [0.05, 0.1) is 5.25 Å². The Balaban J connectivity index is 2.03. The molecule has 1 aliphatic heterocycles. The molecule has 5 nitrogen and oxygen atoms in total. The van der Waals surface area contributed by atoms with E-state index >= 15 is 0 Å². The zero-order valence-electron chi connectivity index (χ0n) is 18.5. The zero-order chi connectivity index (χ0) is 22.7. The number of nitrogens with one attached hydrogen (secondary N) is 1. The number of hydrogen-bond donors (Lipinski definition) is 1. The van der Waals surface area contributed by atoms with Crippen LogP contribution in [0.5, 0.6) is 0 Å². The summed E-state index contributed by atoms with van der Waals surface area (Å²) in [7, 11) is 1.48. The maximum absolute atomic E-state index is 13.5. The van der Waals surface area contributed by atoms with Crippen LogP contribution < -0.4 is 10.2 Å². The van der Waals surface area contributed by atoms with Crippen molar-refractivity contribution in [3.8, 4) is 6.07 Å². The molecule has 0 radical (unpaired) electrons. The molecule has 31 heavy (non-hydrogen) atoms. The number of amides is 2. The molecule has 6 heteroatoms. The van der Waals surface area contributed by atoms with Crippen LogP contribution in [-0.4, -0.2) is 24.1 Å². The van der Waals surface area contributed by atoms with Gasteiger partial charge in [-0.1, -0.05) is 55.9 Å². The third kappa shape index (κ3) is 4.67. The van der Waals surface area contributed by atoms with Crippen molar-refractivity contribution in [3.05, 3.63) is 75.3 Å². The van der Waals surface area contributed by atoms with E-state index in [1.807, 2.05) is 36.4 Å². The van der Waals surface area contributed by atoms with E-state index in [2.05, 4.69) is 45.1 Å². The maximum atomic E-state index is 13.5. The van der Waals surface area contributed by atoms with Crippen molar-refractivity contribution >= 4 is 29.3 Å². The highest BCUT2D eigenvalue weighted by molar-refractivity contribution is 8.05. The van der Waals surface area contributed by atoms with Crippen molar-refractivity contribution < 1.29 is 9.59 Å². The van der Waals surface area contributed by atoms with Crippen molar-refractivity contribution in [3.63, 3.8) is 0 Å². The van der Waals surface area contributed by atoms with Gasteiger partial charge >= 0.3 is 0 Å². The second-order valence-corrected chi connectivity index (χ2v) is 9.21. The summed E-state index contributed by atoms with van der Waals surface area (Å²) in [4.78, 5) is 27.3. The van der Waals surface area contributed by atoms with Gasteiger partial charge in [0.15, 0.2) is 0 Å². The summed E-state index contributed by atoms with van der Waals surface area (Å²) in [6.07, 6.45) is 0.529. The van der Waals surface area contributed by atoms with E-state index in [1.54, 1.807) is 0 Å². The van der Waals surface area contributed by atoms with Gasteiger partial charge in [0, 0.05) is 12.7 Å². The number of nitriles is 1. The van der Waals surface area contributed by atoms with Crippen molar-refractivity contribution in [1.29, 1.82) is 5.26 Å². The molecule has 1 saturated heterocycles. The Bertz CT molecular complexity index is 1080. The third-order valence-electron chi connectivity index (χ3n) is 5.54. The van der Waals surface area contributed by atoms with Crippen LogP contribution in [0.4, 0.5) is 5.69 Å². The summed E-state index contributed by atoms with van der Waals surface area (Å²) < 4.78 is 0. The number of carbonyl (C=O) groups is 2. The highest BCUT2D eigenvalue weighted by atomic mass is 32.2. The lowest BCUT2D eigenvalue weighted by molar-refractivity contribution is -0.117. The maximum Gasteiger partial charge on any atom is 0.264 e. The number of nitrogens with zero attached hydrogens (tertiary/aromatic N) is 2. The Morgan fingerprint density at radius 3 is 2.39 bits per heavy atom. The van der Waals surface area contributed by atoms with Crippen molar-refractivity contribution in [2.45, 2.75) is 45.3 Å². The standard InChI is InChI=1S/C25H27N3O2S/c1-15(2)19-8-10-20(11-9-19)28-24(30)22(13-18-7-6-16(3)17(4)12-18)31-25(28)21(14-26)23(29)27-5/h6-12,15,22H,13H2,1-5H3,(H,27,29)/b25-21-. The summed E-state index contributed by atoms with van der Waals surface area (Å²) >= 11 is 1.29. The molecule has 1 aliphatic rings. The van der Waals surface area contributed by atoms with Crippen molar-refractivity contribution in [1.82, 2.24) is 5.32 Å². The molecule has 1 N–H and O–H groups in total. The molecule has 0 bridgehead atoms. The number of carbonyl (C=O) groups excluding carboxylic acids is 2. The van der Waals surface area contributed by atoms with E-state index in [4.69, 9.17) is 0 Å². The monoisotopic (exact) mass is 433 g/mol. The number of aryl methyl sites for hydroxylation is 2. The van der Waals surface area contributed by atoms with Gasteiger partial charge in [-0.3, -0.25) is 14.5 Å². The van der Waals surface area contributed by atoms with E-state index in [1.165, 1.54) is 34.8 Å². The summed E-state index contributed by atoms with van der Waals surface area (Å²) in [6, 6.07) is 15.9. The lowest BCUT2D eigenvalue weighted by atomic mass is 10.0. The van der Waals surface area contributed by atoms with E-state index in [0.29, 0.717) is 23.1 Å². The number of anilines is 1. The number of hydrogen-bond acceptors (Lipinski definition) is 4. The average molecular weight is 434 g/mol. The zero-order valence-corrected chi connectivity index (χ0v) is 19.3. The Morgan fingerprint density at radius 2 is 1.84 bits per heavy atom. The first kappa shape index (κ1) is 22.6. The van der Waals surface area contributed by atoms with E-state index < -0.39 is 11.2 Å². The van der Waals surface area contributed by atoms with E-state index in [9.17, 15) is 14.9 Å². The van der Waals surface area contributed by atoms with Crippen LogP contribution in [0, 0.1) is 25.2 Å². The van der Waals surface area contributed by atoms with E-state index in [0.717, 1.165) is 11.1 Å². The summed E-state index contributed by atoms with van der Waals surface area (Å²) in [6.45, 7) is 8.32. The molecular formula is C25H27N3O2S. The largest absolute Gasteiger partial charge is 0.354 e. The minimum Gasteiger partial charge on any atom is -0.354 e. The minimum atomic E-state index is -0.492. The number of rotatable bonds is 5. The van der Waals surface area contributed by atoms with Crippen LogP contribution in [0.25, 0.3) is 0 Å². The first-order valence-corrected chi connectivity index (χ1v) is 11.2. The van der Waals surface area contributed by atoms with Gasteiger partial charge in [0.2, 0.25) is 5.91 Å². The minimum absolute atomic E-state index is 0.0450. The topological polar surface area (TPSA) is 73.2 Å². The molecule has 0 spiro atoms. The third-order valence-corrected chi connectivity index (χ3v) is 6.81. The fourth-order valence-electron chi connectivity index (χ4n) is 3.50. The average Bonchev–Trinajstić information content (AvgIpc) is 3.06. The fourth-order valence-corrected chi connectivity index (χ4v) is 4.81. The van der Waals surface area contributed by atoms with Crippen molar-refractivity contribution in [2.24, 2.45) is 0 Å². The quantitative estimate of drug-likeness (QED) is 0.552. The van der Waals surface area contributed by atoms with E-state index in [-0.39, 0.29) is 11.5 Å². The second-order valence-electron chi connectivity index (χ2n) is 8.02. The molecule has 1 fully saturated rings. The molecule has 160 valence electrons. The second kappa shape index (κ2) is 9.40. The molecule has 3 rings (SSSR count). The molecule has 0 saturated carbocycles. The Kier molecular flexibility index (Phi) is 6.87. The predicted molar refractivity (Wildman–Crippen MR) is 126 cm³/mol. The van der Waals surface area contributed by atoms with Crippen LogP contribution in [-0.2, 0) is 16.0 Å². The number of benzene rings is 2. The number of likely N-dealkylation sites (N-methyl/N-ethyl adjacent to an activating group) is 1. The predicted octanol–water partition coefficient (Wildman–Crippen LogP) is 4.60. The van der Waals surface area contributed by atoms with Crippen LogP contribution in [0.2, 0.25) is 0 Å². The molecule has 1 atom stereocenters. The molecule has 0 aromatic heterocycles. The first-order chi connectivity index (χ1) is 14.8. The van der Waals surface area contributed by atoms with Gasteiger partial charge in [-0.2, -0.15) is 5.26 Å². The Morgan fingerprint density at radius 1 is 1.16 bits per heavy atom. The van der Waals surface area contributed by atoms with Crippen LogP contribution in [0.3, 0.4) is 0 Å². The Hall–Kier alpha value is -3.04. The summed E-state index contributed by atoms with van der Waals surface area (Å²) in [5, 5.41) is 12.2. The van der Waals surface area contributed by atoms with Gasteiger partial charge in [0.25, 0.3) is 5.91 Å². The molecule has 2 aromatic carbocycles. The normalized spacial score (nSPS) is 17.6. The Labute approximate surface area is 188 Å². The fraction of sp³-hybridized carbons (Fsp3) is 0.320. The summed E-state index contributed by atoms with van der Waals surface area (Å²) in [5.41, 5.74) is 5.21. The first-order valence-electron chi connectivity index (χ1n) is 10.3. The smallest absolute Gasteiger partial charge is 0.264 e.